The minimum absolute atomic E-state index is 0.00737. The number of nitrogens with zero attached hydrogens (tertiary/aromatic N) is 1. The van der Waals surface area contributed by atoms with Gasteiger partial charge in [0, 0.05) is 11.6 Å². The van der Waals surface area contributed by atoms with Crippen molar-refractivity contribution in [1.29, 1.82) is 0 Å². The van der Waals surface area contributed by atoms with Gasteiger partial charge in [-0.15, -0.1) is 0 Å². The summed E-state index contributed by atoms with van der Waals surface area (Å²) in [4.78, 5) is 51.9. The molecule has 4 amide bonds. The molecule has 10 nitrogen and oxygen atoms in total. The lowest BCUT2D eigenvalue weighted by Crippen LogP contribution is -2.42. The van der Waals surface area contributed by atoms with Crippen LogP contribution in [-0.2, 0) is 15.1 Å². The van der Waals surface area contributed by atoms with Gasteiger partial charge < -0.3 is 24.8 Å². The van der Waals surface area contributed by atoms with E-state index in [1.807, 2.05) is 30.3 Å². The fraction of sp³-hybridized carbons (Fsp3) is 0.231. The molecule has 2 aliphatic heterocycles. The van der Waals surface area contributed by atoms with E-state index < -0.39 is 29.9 Å². The molecule has 10 heteroatoms. The zero-order chi connectivity index (χ0) is 25.6. The molecule has 1 saturated heterocycles. The molecule has 36 heavy (non-hydrogen) atoms. The van der Waals surface area contributed by atoms with E-state index in [4.69, 9.17) is 14.2 Å². The number of amides is 4. The van der Waals surface area contributed by atoms with E-state index in [0.29, 0.717) is 22.8 Å². The molecule has 0 radical (unpaired) electrons. The van der Waals surface area contributed by atoms with Crippen LogP contribution >= 0.6 is 0 Å². The van der Waals surface area contributed by atoms with Crippen molar-refractivity contribution in [2.24, 2.45) is 0 Å². The number of carbonyl (C=O) groups excluding carboxylic acids is 4. The molecule has 2 aliphatic rings. The first-order chi connectivity index (χ1) is 17.2. The Morgan fingerprint density at radius 1 is 1.06 bits per heavy atom. The molecule has 0 aromatic heterocycles. The number of rotatable bonds is 6. The summed E-state index contributed by atoms with van der Waals surface area (Å²) in [6.07, 6.45) is 0. The number of hydrogen-bond donors (Lipinski definition) is 2. The summed E-state index contributed by atoms with van der Waals surface area (Å²) >= 11 is 0. The Bertz CT molecular complexity index is 1450. The fourth-order valence-corrected chi connectivity index (χ4v) is 4.37. The Morgan fingerprint density at radius 3 is 2.47 bits per heavy atom. The highest BCUT2D eigenvalue weighted by Crippen LogP contribution is 2.37. The summed E-state index contributed by atoms with van der Waals surface area (Å²) in [6, 6.07) is 13.3. The summed E-state index contributed by atoms with van der Waals surface area (Å²) in [6.45, 7) is 2.43. The Hall–Kier alpha value is -4.60. The Labute approximate surface area is 206 Å². The zero-order valence-electron chi connectivity index (χ0n) is 19.8. The number of ether oxygens (including phenoxy) is 3. The van der Waals surface area contributed by atoms with Gasteiger partial charge in [0.1, 0.15) is 17.8 Å². The fourth-order valence-electron chi connectivity index (χ4n) is 4.37. The summed E-state index contributed by atoms with van der Waals surface area (Å²) in [7, 11) is 1.58. The van der Waals surface area contributed by atoms with E-state index in [9.17, 15) is 19.2 Å². The van der Waals surface area contributed by atoms with Crippen molar-refractivity contribution in [3.8, 4) is 17.2 Å². The van der Waals surface area contributed by atoms with E-state index >= 15 is 0 Å². The van der Waals surface area contributed by atoms with Crippen LogP contribution in [0.4, 0.5) is 10.5 Å². The van der Waals surface area contributed by atoms with Gasteiger partial charge in [-0.05, 0) is 54.4 Å². The van der Waals surface area contributed by atoms with E-state index in [0.717, 1.165) is 15.7 Å². The summed E-state index contributed by atoms with van der Waals surface area (Å²) in [5, 5.41) is 7.10. The number of nitrogens with one attached hydrogen (secondary N) is 2. The van der Waals surface area contributed by atoms with Crippen LogP contribution in [0, 0.1) is 0 Å². The lowest BCUT2D eigenvalue weighted by molar-refractivity contribution is -0.133. The van der Waals surface area contributed by atoms with Gasteiger partial charge in [-0.2, -0.15) is 0 Å². The first-order valence-corrected chi connectivity index (χ1v) is 11.2. The highest BCUT2D eigenvalue weighted by atomic mass is 16.7. The lowest BCUT2D eigenvalue weighted by atomic mass is 9.90. The Morgan fingerprint density at radius 2 is 1.75 bits per heavy atom. The van der Waals surface area contributed by atoms with E-state index in [1.54, 1.807) is 20.1 Å². The monoisotopic (exact) mass is 489 g/mol. The molecule has 0 spiro atoms. The van der Waals surface area contributed by atoms with Crippen LogP contribution in [0.2, 0.25) is 0 Å². The summed E-state index contributed by atoms with van der Waals surface area (Å²) < 4.78 is 15.9. The van der Waals surface area contributed by atoms with Crippen molar-refractivity contribution >= 4 is 40.1 Å². The molecule has 0 saturated carbocycles. The van der Waals surface area contributed by atoms with Gasteiger partial charge in [-0.1, -0.05) is 18.2 Å². The van der Waals surface area contributed by atoms with E-state index in [-0.39, 0.29) is 23.8 Å². The second-order valence-electron chi connectivity index (χ2n) is 8.73. The van der Waals surface area contributed by atoms with Crippen LogP contribution in [0.5, 0.6) is 17.2 Å². The zero-order valence-corrected chi connectivity index (χ0v) is 19.8. The average Bonchev–Trinajstić information content (AvgIpc) is 3.40. The van der Waals surface area contributed by atoms with Crippen molar-refractivity contribution < 1.29 is 33.4 Å². The van der Waals surface area contributed by atoms with Crippen LogP contribution in [0.3, 0.4) is 0 Å². The molecule has 5 rings (SSSR count). The topological polar surface area (TPSA) is 123 Å². The number of urea groups is 1. The number of carbonyl (C=O) groups is 4. The minimum atomic E-state index is -1.35. The lowest BCUT2D eigenvalue weighted by Gasteiger charge is -2.23. The van der Waals surface area contributed by atoms with Crippen molar-refractivity contribution in [3.05, 3.63) is 59.7 Å². The SMILES string of the molecule is COc1ccc2cc([C@]3(C)NC(=O)N(CC(=O)Nc4cc5c(cc4C(C)=O)OCO5)C3=O)ccc2c1. The Balaban J connectivity index is 1.36. The molecule has 0 aliphatic carbocycles. The van der Waals surface area contributed by atoms with Crippen molar-refractivity contribution in [2.75, 3.05) is 25.8 Å². The molecule has 1 atom stereocenters. The number of methoxy groups -OCH3 is 1. The van der Waals surface area contributed by atoms with Crippen molar-refractivity contribution in [2.45, 2.75) is 19.4 Å². The molecule has 1 fully saturated rings. The summed E-state index contributed by atoms with van der Waals surface area (Å²) in [5.74, 6) is -0.00854. The van der Waals surface area contributed by atoms with Gasteiger partial charge in [-0.3, -0.25) is 19.3 Å². The number of ketones is 1. The highest BCUT2D eigenvalue weighted by molar-refractivity contribution is 6.11. The largest absolute Gasteiger partial charge is 0.497 e. The van der Waals surface area contributed by atoms with Crippen LogP contribution in [0.25, 0.3) is 10.8 Å². The smallest absolute Gasteiger partial charge is 0.325 e. The first-order valence-electron chi connectivity index (χ1n) is 11.2. The second kappa shape index (κ2) is 8.56. The van der Waals surface area contributed by atoms with E-state index in [2.05, 4.69) is 10.6 Å². The van der Waals surface area contributed by atoms with Gasteiger partial charge in [0.25, 0.3) is 5.91 Å². The van der Waals surface area contributed by atoms with Gasteiger partial charge in [0.15, 0.2) is 17.3 Å². The number of anilines is 1. The number of Topliss-reactive ketones (excluding diaryl/α,β-unsaturated/α-hetero) is 1. The highest BCUT2D eigenvalue weighted by Gasteiger charge is 2.49. The van der Waals surface area contributed by atoms with Gasteiger partial charge in [-0.25, -0.2) is 4.79 Å². The molecular formula is C26H23N3O7. The van der Waals surface area contributed by atoms with Crippen LogP contribution < -0.4 is 24.8 Å². The molecule has 3 aromatic carbocycles. The predicted molar refractivity (Wildman–Crippen MR) is 129 cm³/mol. The molecule has 0 bridgehead atoms. The normalized spacial score (nSPS) is 18.4. The predicted octanol–water partition coefficient (Wildman–Crippen LogP) is 3.19. The third kappa shape index (κ3) is 3.86. The van der Waals surface area contributed by atoms with Crippen molar-refractivity contribution in [1.82, 2.24) is 10.2 Å². The number of imide groups is 1. The molecule has 184 valence electrons. The van der Waals surface area contributed by atoms with Gasteiger partial charge >= 0.3 is 6.03 Å². The third-order valence-electron chi connectivity index (χ3n) is 6.37. The maximum Gasteiger partial charge on any atom is 0.325 e. The number of benzene rings is 3. The standard InChI is InChI=1S/C26H23N3O7/c1-14(30)19-10-21-22(36-13-35-21)11-20(19)27-23(31)12-29-24(32)26(2,28-25(29)33)17-6-4-16-9-18(34-3)7-5-15(16)8-17/h4-11H,12-13H2,1-3H3,(H,27,31)(H,28,33)/t26-/m0/s1. The Kier molecular flexibility index (Phi) is 5.51. The molecule has 2 N–H and O–H groups in total. The maximum atomic E-state index is 13.3. The minimum Gasteiger partial charge on any atom is -0.497 e. The molecular weight excluding hydrogens is 466 g/mol. The van der Waals surface area contributed by atoms with Crippen LogP contribution in [-0.4, -0.2) is 49.0 Å². The average molecular weight is 489 g/mol. The van der Waals surface area contributed by atoms with Crippen molar-refractivity contribution in [3.63, 3.8) is 0 Å². The van der Waals surface area contributed by atoms with Gasteiger partial charge in [0.2, 0.25) is 12.7 Å². The van der Waals surface area contributed by atoms with Gasteiger partial charge in [0.05, 0.1) is 12.8 Å². The third-order valence-corrected chi connectivity index (χ3v) is 6.37. The second-order valence-corrected chi connectivity index (χ2v) is 8.73. The molecule has 2 heterocycles. The quantitative estimate of drug-likeness (QED) is 0.403. The maximum absolute atomic E-state index is 13.3. The first kappa shape index (κ1) is 23.2. The summed E-state index contributed by atoms with van der Waals surface area (Å²) in [5.41, 5.74) is -0.343. The van der Waals surface area contributed by atoms with Crippen LogP contribution in [0.15, 0.2) is 48.5 Å². The van der Waals surface area contributed by atoms with Crippen LogP contribution in [0.1, 0.15) is 29.8 Å². The van der Waals surface area contributed by atoms with E-state index in [1.165, 1.54) is 19.1 Å². The molecule has 0 unspecified atom stereocenters. The number of fused-ring (bicyclic) bond motifs is 2. The number of hydrogen-bond acceptors (Lipinski definition) is 7. The molecule has 3 aromatic rings.